The molecule has 0 saturated carbocycles. The van der Waals surface area contributed by atoms with Crippen molar-refractivity contribution in [2.75, 3.05) is 26.2 Å². The van der Waals surface area contributed by atoms with Gasteiger partial charge in [-0.25, -0.2) is 4.79 Å². The summed E-state index contributed by atoms with van der Waals surface area (Å²) in [6.07, 6.45) is 1.68. The van der Waals surface area contributed by atoms with Crippen LogP contribution in [0.3, 0.4) is 0 Å². The largest absolute Gasteiger partial charge is 0.481 e. The number of nitrogens with zero attached hydrogens (tertiary/aromatic N) is 2. The molecule has 1 aliphatic heterocycles. The molecule has 0 aromatic rings. The van der Waals surface area contributed by atoms with E-state index < -0.39 is 17.7 Å². The molecule has 0 aromatic heterocycles. The van der Waals surface area contributed by atoms with Crippen molar-refractivity contribution < 1.29 is 19.4 Å². The normalized spacial score (nSPS) is 19.5. The molecule has 1 unspecified atom stereocenters. The first-order valence-electron chi connectivity index (χ1n) is 7.66. The van der Waals surface area contributed by atoms with E-state index in [-0.39, 0.29) is 13.0 Å². The van der Waals surface area contributed by atoms with Gasteiger partial charge in [-0.3, -0.25) is 9.69 Å². The van der Waals surface area contributed by atoms with Crippen LogP contribution in [0.15, 0.2) is 0 Å². The van der Waals surface area contributed by atoms with Crippen LogP contribution in [-0.4, -0.2) is 64.8 Å². The van der Waals surface area contributed by atoms with Crippen LogP contribution in [0.4, 0.5) is 4.79 Å². The van der Waals surface area contributed by atoms with Gasteiger partial charge in [0.1, 0.15) is 5.60 Å². The van der Waals surface area contributed by atoms with Gasteiger partial charge in [0, 0.05) is 19.1 Å². The molecular weight excluding hydrogens is 272 g/mol. The average molecular weight is 300 g/mol. The minimum atomic E-state index is -0.901. The Hall–Kier alpha value is -1.30. The lowest BCUT2D eigenvalue weighted by Crippen LogP contribution is -2.45. The van der Waals surface area contributed by atoms with Crippen molar-refractivity contribution in [1.29, 1.82) is 0 Å². The van der Waals surface area contributed by atoms with Gasteiger partial charge in [0.15, 0.2) is 0 Å². The van der Waals surface area contributed by atoms with Gasteiger partial charge in [0.25, 0.3) is 0 Å². The molecule has 1 fully saturated rings. The summed E-state index contributed by atoms with van der Waals surface area (Å²) in [5.74, 6) is -0.901. The van der Waals surface area contributed by atoms with Gasteiger partial charge in [-0.2, -0.15) is 0 Å². The van der Waals surface area contributed by atoms with E-state index in [2.05, 4.69) is 11.8 Å². The van der Waals surface area contributed by atoms with E-state index >= 15 is 0 Å². The first-order valence-corrected chi connectivity index (χ1v) is 7.66. The van der Waals surface area contributed by atoms with Crippen LogP contribution in [0.5, 0.6) is 0 Å². The summed E-state index contributed by atoms with van der Waals surface area (Å²) in [5, 5.41) is 8.85. The zero-order valence-electron chi connectivity index (χ0n) is 13.6. The Bertz CT molecular complexity index is 365. The number of carbonyl (C=O) groups excluding carboxylic acids is 1. The number of carboxylic acids is 1. The zero-order chi connectivity index (χ0) is 16.0. The number of amides is 1. The zero-order valence-corrected chi connectivity index (χ0v) is 13.6. The molecule has 6 heteroatoms. The molecule has 1 heterocycles. The second-order valence-electron chi connectivity index (χ2n) is 6.49. The summed E-state index contributed by atoms with van der Waals surface area (Å²) in [7, 11) is 0. The van der Waals surface area contributed by atoms with Crippen LogP contribution in [0.2, 0.25) is 0 Å². The number of likely N-dealkylation sites (tertiary alicyclic amines) is 1. The third-order valence-electron chi connectivity index (χ3n) is 3.58. The van der Waals surface area contributed by atoms with E-state index in [4.69, 9.17) is 9.84 Å². The Kier molecular flexibility index (Phi) is 6.45. The Balaban J connectivity index is 2.67. The molecule has 1 N–H and O–H groups in total. The van der Waals surface area contributed by atoms with E-state index in [1.807, 2.05) is 20.8 Å². The lowest BCUT2D eigenvalue weighted by molar-refractivity contribution is -0.137. The molecule has 1 aliphatic rings. The number of hydrogen-bond acceptors (Lipinski definition) is 4. The number of likely N-dealkylation sites (N-methyl/N-ethyl adjacent to an activating group) is 1. The highest BCUT2D eigenvalue weighted by Crippen LogP contribution is 2.19. The monoisotopic (exact) mass is 300 g/mol. The Morgan fingerprint density at radius 2 is 2.05 bits per heavy atom. The van der Waals surface area contributed by atoms with Crippen molar-refractivity contribution in [2.45, 2.75) is 58.6 Å². The molecule has 1 atom stereocenters. The van der Waals surface area contributed by atoms with Gasteiger partial charge in [-0.15, -0.1) is 0 Å². The van der Waals surface area contributed by atoms with Gasteiger partial charge >= 0.3 is 12.1 Å². The summed E-state index contributed by atoms with van der Waals surface area (Å²) in [4.78, 5) is 26.9. The minimum absolute atomic E-state index is 0.0575. The first kappa shape index (κ1) is 17.8. The van der Waals surface area contributed by atoms with Crippen LogP contribution < -0.4 is 0 Å². The number of hydrogen-bond donors (Lipinski definition) is 1. The molecule has 1 saturated heterocycles. The molecule has 0 radical (unpaired) electrons. The highest BCUT2D eigenvalue weighted by Gasteiger charge is 2.29. The van der Waals surface area contributed by atoms with Crippen molar-refractivity contribution in [3.05, 3.63) is 0 Å². The van der Waals surface area contributed by atoms with Gasteiger partial charge in [-0.1, -0.05) is 6.92 Å². The van der Waals surface area contributed by atoms with Crippen molar-refractivity contribution in [3.8, 4) is 0 Å². The SMILES string of the molecule is CCN1CCCC1CN(CCC(=O)O)C(=O)OC(C)(C)C. The van der Waals surface area contributed by atoms with Crippen LogP contribution in [0.1, 0.15) is 47.0 Å². The smallest absolute Gasteiger partial charge is 0.410 e. The number of carboxylic acid groups (broad SMARTS) is 1. The predicted molar refractivity (Wildman–Crippen MR) is 80.3 cm³/mol. The summed E-state index contributed by atoms with van der Waals surface area (Å²) >= 11 is 0. The fraction of sp³-hybridized carbons (Fsp3) is 0.867. The molecule has 21 heavy (non-hydrogen) atoms. The van der Waals surface area contributed by atoms with E-state index in [9.17, 15) is 9.59 Å². The van der Waals surface area contributed by atoms with Crippen LogP contribution in [0, 0.1) is 0 Å². The van der Waals surface area contributed by atoms with E-state index in [0.717, 1.165) is 25.9 Å². The fourth-order valence-corrected chi connectivity index (χ4v) is 2.59. The molecule has 0 aromatic carbocycles. The molecule has 0 aliphatic carbocycles. The second-order valence-corrected chi connectivity index (χ2v) is 6.49. The third kappa shape index (κ3) is 6.33. The highest BCUT2D eigenvalue weighted by molar-refractivity contribution is 5.71. The number of carbonyl (C=O) groups is 2. The number of ether oxygens (including phenoxy) is 1. The standard InChI is InChI=1S/C15H28N2O4/c1-5-16-9-6-7-12(16)11-17(10-8-13(18)19)14(20)21-15(2,3)4/h12H,5-11H2,1-4H3,(H,18,19). The summed E-state index contributed by atoms with van der Waals surface area (Å²) < 4.78 is 5.39. The van der Waals surface area contributed by atoms with Crippen molar-refractivity contribution in [2.24, 2.45) is 0 Å². The maximum absolute atomic E-state index is 12.2. The van der Waals surface area contributed by atoms with Gasteiger partial charge < -0.3 is 14.7 Å². The number of aliphatic carboxylic acids is 1. The Labute approximate surface area is 127 Å². The van der Waals surface area contributed by atoms with Crippen molar-refractivity contribution in [3.63, 3.8) is 0 Å². The molecular formula is C15H28N2O4. The van der Waals surface area contributed by atoms with Gasteiger partial charge in [-0.05, 0) is 46.7 Å². The fourth-order valence-electron chi connectivity index (χ4n) is 2.59. The van der Waals surface area contributed by atoms with E-state index in [1.54, 1.807) is 0 Å². The van der Waals surface area contributed by atoms with Crippen LogP contribution in [-0.2, 0) is 9.53 Å². The second kappa shape index (κ2) is 7.64. The lowest BCUT2D eigenvalue weighted by atomic mass is 10.2. The van der Waals surface area contributed by atoms with E-state index in [0.29, 0.717) is 12.6 Å². The average Bonchev–Trinajstić information content (AvgIpc) is 2.78. The topological polar surface area (TPSA) is 70.1 Å². The molecule has 6 nitrogen and oxygen atoms in total. The Morgan fingerprint density at radius 1 is 1.38 bits per heavy atom. The van der Waals surface area contributed by atoms with Gasteiger partial charge in [0.05, 0.1) is 6.42 Å². The summed E-state index contributed by atoms with van der Waals surface area (Å²) in [5.41, 5.74) is -0.571. The quantitative estimate of drug-likeness (QED) is 0.814. The third-order valence-corrected chi connectivity index (χ3v) is 3.58. The Morgan fingerprint density at radius 3 is 2.57 bits per heavy atom. The molecule has 0 spiro atoms. The predicted octanol–water partition coefficient (Wildman–Crippen LogP) is 2.18. The molecule has 1 amide bonds. The van der Waals surface area contributed by atoms with Crippen LogP contribution >= 0.6 is 0 Å². The minimum Gasteiger partial charge on any atom is -0.481 e. The van der Waals surface area contributed by atoms with Gasteiger partial charge in [0.2, 0.25) is 0 Å². The highest BCUT2D eigenvalue weighted by atomic mass is 16.6. The molecule has 0 bridgehead atoms. The van der Waals surface area contributed by atoms with Crippen molar-refractivity contribution in [1.82, 2.24) is 9.80 Å². The van der Waals surface area contributed by atoms with E-state index in [1.165, 1.54) is 4.90 Å². The summed E-state index contributed by atoms with van der Waals surface area (Å²) in [6, 6.07) is 0.302. The summed E-state index contributed by atoms with van der Waals surface area (Å²) in [6.45, 7) is 10.3. The molecule has 122 valence electrons. The number of rotatable bonds is 6. The maximum Gasteiger partial charge on any atom is 0.410 e. The maximum atomic E-state index is 12.2. The first-order chi connectivity index (χ1) is 9.73. The van der Waals surface area contributed by atoms with Crippen LogP contribution in [0.25, 0.3) is 0 Å². The van der Waals surface area contributed by atoms with Crippen molar-refractivity contribution >= 4 is 12.1 Å². The molecule has 1 rings (SSSR count). The lowest BCUT2D eigenvalue weighted by Gasteiger charge is -2.31.